The minimum Gasteiger partial charge on any atom is -0.396 e. The minimum atomic E-state index is -0.500. The molecule has 1 amide bonds. The van der Waals surface area contributed by atoms with Gasteiger partial charge in [-0.25, -0.2) is 0 Å². The van der Waals surface area contributed by atoms with Crippen LogP contribution in [-0.2, 0) is 0 Å². The Morgan fingerprint density at radius 1 is 1.53 bits per heavy atom. The van der Waals surface area contributed by atoms with E-state index in [2.05, 4.69) is 5.32 Å². The summed E-state index contributed by atoms with van der Waals surface area (Å²) in [5.41, 5.74) is 0.934. The molecule has 0 unspecified atom stereocenters. The molecule has 0 aliphatic heterocycles. The summed E-state index contributed by atoms with van der Waals surface area (Å²) in [6.07, 6.45) is 0.484. The van der Waals surface area contributed by atoms with Gasteiger partial charge in [0.05, 0.1) is 4.92 Å². The first-order chi connectivity index (χ1) is 8.06. The Hall–Kier alpha value is -1.95. The smallest absolute Gasteiger partial charge is 0.269 e. The highest BCUT2D eigenvalue weighted by Gasteiger charge is 2.12. The number of nitro groups is 1. The van der Waals surface area contributed by atoms with Crippen LogP contribution in [0.5, 0.6) is 0 Å². The molecule has 6 heteroatoms. The number of aliphatic hydroxyl groups is 1. The van der Waals surface area contributed by atoms with Gasteiger partial charge >= 0.3 is 0 Å². The molecule has 1 aromatic carbocycles. The molecule has 0 saturated carbocycles. The van der Waals surface area contributed by atoms with E-state index in [9.17, 15) is 14.9 Å². The highest BCUT2D eigenvalue weighted by Crippen LogP contribution is 2.16. The van der Waals surface area contributed by atoms with Crippen LogP contribution in [0.3, 0.4) is 0 Å². The predicted octanol–water partition coefficient (Wildman–Crippen LogP) is 1.02. The van der Waals surface area contributed by atoms with Gasteiger partial charge in [-0.1, -0.05) is 0 Å². The fourth-order valence-electron chi connectivity index (χ4n) is 1.39. The number of carbonyl (C=O) groups excluding carboxylic acids is 1. The maximum atomic E-state index is 11.7. The van der Waals surface area contributed by atoms with Gasteiger partial charge in [0.25, 0.3) is 11.6 Å². The number of amides is 1. The van der Waals surface area contributed by atoms with Crippen molar-refractivity contribution in [1.82, 2.24) is 5.32 Å². The Bertz CT molecular complexity index is 431. The van der Waals surface area contributed by atoms with Gasteiger partial charge in [-0.2, -0.15) is 0 Å². The van der Waals surface area contributed by atoms with Gasteiger partial charge in [0, 0.05) is 30.8 Å². The Kier molecular flexibility index (Phi) is 4.59. The summed E-state index contributed by atoms with van der Waals surface area (Å²) in [5, 5.41) is 21.7. The Balaban J connectivity index is 2.78. The Labute approximate surface area is 98.4 Å². The van der Waals surface area contributed by atoms with E-state index in [0.29, 0.717) is 24.1 Å². The molecule has 1 aromatic rings. The molecular formula is C11H14N2O4. The standard InChI is InChI=1S/C11H14N2O4/c1-8-7-9(13(16)17)3-4-10(8)11(15)12-5-2-6-14/h3-4,7,14H,2,5-6H2,1H3,(H,12,15). The SMILES string of the molecule is Cc1cc([N+](=O)[O-])ccc1C(=O)NCCCO. The van der Waals surface area contributed by atoms with Crippen molar-refractivity contribution >= 4 is 11.6 Å². The quantitative estimate of drug-likeness (QED) is 0.455. The maximum Gasteiger partial charge on any atom is 0.269 e. The number of benzene rings is 1. The van der Waals surface area contributed by atoms with E-state index >= 15 is 0 Å². The van der Waals surface area contributed by atoms with Gasteiger partial charge < -0.3 is 10.4 Å². The topological polar surface area (TPSA) is 92.5 Å². The number of rotatable bonds is 5. The summed E-state index contributed by atoms with van der Waals surface area (Å²) in [5.74, 6) is -0.286. The Morgan fingerprint density at radius 2 is 2.24 bits per heavy atom. The molecule has 17 heavy (non-hydrogen) atoms. The van der Waals surface area contributed by atoms with Crippen LogP contribution in [-0.4, -0.2) is 29.1 Å². The third kappa shape index (κ3) is 3.53. The predicted molar refractivity (Wildman–Crippen MR) is 61.9 cm³/mol. The molecule has 0 saturated heterocycles. The first-order valence-corrected chi connectivity index (χ1v) is 5.20. The number of nitro benzene ring substituents is 1. The zero-order valence-corrected chi connectivity index (χ0v) is 9.47. The fourth-order valence-corrected chi connectivity index (χ4v) is 1.39. The molecule has 0 radical (unpaired) electrons. The van der Waals surface area contributed by atoms with Crippen molar-refractivity contribution in [2.24, 2.45) is 0 Å². The van der Waals surface area contributed by atoms with Crippen LogP contribution in [0.1, 0.15) is 22.3 Å². The molecule has 0 spiro atoms. The van der Waals surface area contributed by atoms with E-state index < -0.39 is 4.92 Å². The number of nitrogens with one attached hydrogen (secondary N) is 1. The number of aryl methyl sites for hydroxylation is 1. The highest BCUT2D eigenvalue weighted by molar-refractivity contribution is 5.95. The van der Waals surface area contributed by atoms with Crippen molar-refractivity contribution < 1.29 is 14.8 Å². The number of aliphatic hydroxyl groups excluding tert-OH is 1. The largest absolute Gasteiger partial charge is 0.396 e. The van der Waals surface area contributed by atoms with E-state index in [-0.39, 0.29) is 18.2 Å². The van der Waals surface area contributed by atoms with E-state index in [1.54, 1.807) is 6.92 Å². The lowest BCUT2D eigenvalue weighted by Crippen LogP contribution is -2.25. The second kappa shape index (κ2) is 5.95. The van der Waals surface area contributed by atoms with Gasteiger partial charge in [0.1, 0.15) is 0 Å². The first-order valence-electron chi connectivity index (χ1n) is 5.20. The van der Waals surface area contributed by atoms with Crippen molar-refractivity contribution in [3.63, 3.8) is 0 Å². The fraction of sp³-hybridized carbons (Fsp3) is 0.364. The second-order valence-electron chi connectivity index (χ2n) is 3.59. The lowest BCUT2D eigenvalue weighted by atomic mass is 10.1. The molecule has 1 rings (SSSR count). The van der Waals surface area contributed by atoms with Crippen LogP contribution in [0.4, 0.5) is 5.69 Å². The zero-order valence-electron chi connectivity index (χ0n) is 9.47. The molecule has 0 aliphatic rings. The lowest BCUT2D eigenvalue weighted by Gasteiger charge is -2.06. The van der Waals surface area contributed by atoms with Gasteiger partial charge in [0.15, 0.2) is 0 Å². The molecule has 0 bridgehead atoms. The third-order valence-corrected chi connectivity index (χ3v) is 2.29. The minimum absolute atomic E-state index is 0.0134. The number of hydrogen-bond donors (Lipinski definition) is 2. The second-order valence-corrected chi connectivity index (χ2v) is 3.59. The highest BCUT2D eigenvalue weighted by atomic mass is 16.6. The normalized spacial score (nSPS) is 10.0. The molecular weight excluding hydrogens is 224 g/mol. The summed E-state index contributed by atoms with van der Waals surface area (Å²) < 4.78 is 0. The van der Waals surface area contributed by atoms with E-state index in [1.807, 2.05) is 0 Å². The number of nitrogens with zero attached hydrogens (tertiary/aromatic N) is 1. The van der Waals surface area contributed by atoms with Crippen molar-refractivity contribution in [3.05, 3.63) is 39.4 Å². The van der Waals surface area contributed by atoms with E-state index in [4.69, 9.17) is 5.11 Å². The molecule has 0 fully saturated rings. The van der Waals surface area contributed by atoms with Gasteiger partial charge in [-0.3, -0.25) is 14.9 Å². The molecule has 0 atom stereocenters. The Morgan fingerprint density at radius 3 is 2.76 bits per heavy atom. The third-order valence-electron chi connectivity index (χ3n) is 2.29. The molecule has 2 N–H and O–H groups in total. The molecule has 0 heterocycles. The number of carbonyl (C=O) groups is 1. The summed E-state index contributed by atoms with van der Waals surface area (Å²) in [4.78, 5) is 21.7. The van der Waals surface area contributed by atoms with Gasteiger partial charge in [-0.05, 0) is 25.0 Å². The lowest BCUT2D eigenvalue weighted by molar-refractivity contribution is -0.384. The maximum absolute atomic E-state index is 11.7. The van der Waals surface area contributed by atoms with E-state index in [1.165, 1.54) is 18.2 Å². The van der Waals surface area contributed by atoms with Gasteiger partial charge in [-0.15, -0.1) is 0 Å². The summed E-state index contributed by atoms with van der Waals surface area (Å²) >= 11 is 0. The van der Waals surface area contributed by atoms with Crippen molar-refractivity contribution in [3.8, 4) is 0 Å². The summed E-state index contributed by atoms with van der Waals surface area (Å²) in [7, 11) is 0. The van der Waals surface area contributed by atoms with Crippen LogP contribution < -0.4 is 5.32 Å². The van der Waals surface area contributed by atoms with Crippen LogP contribution in [0.2, 0.25) is 0 Å². The molecule has 92 valence electrons. The van der Waals surface area contributed by atoms with Crippen molar-refractivity contribution in [2.45, 2.75) is 13.3 Å². The van der Waals surface area contributed by atoms with Crippen LogP contribution in [0.15, 0.2) is 18.2 Å². The zero-order chi connectivity index (χ0) is 12.8. The van der Waals surface area contributed by atoms with Crippen molar-refractivity contribution in [1.29, 1.82) is 0 Å². The van der Waals surface area contributed by atoms with Crippen molar-refractivity contribution in [2.75, 3.05) is 13.2 Å². The van der Waals surface area contributed by atoms with Gasteiger partial charge in [0.2, 0.25) is 0 Å². The monoisotopic (exact) mass is 238 g/mol. The molecule has 0 aliphatic carbocycles. The first kappa shape index (κ1) is 13.1. The molecule has 0 aromatic heterocycles. The van der Waals surface area contributed by atoms with E-state index in [0.717, 1.165) is 0 Å². The number of hydrogen-bond acceptors (Lipinski definition) is 4. The number of non-ortho nitro benzene ring substituents is 1. The average molecular weight is 238 g/mol. The van der Waals surface area contributed by atoms with Crippen LogP contribution in [0.25, 0.3) is 0 Å². The van der Waals surface area contributed by atoms with Crippen LogP contribution >= 0.6 is 0 Å². The van der Waals surface area contributed by atoms with Crippen LogP contribution in [0, 0.1) is 17.0 Å². The summed E-state index contributed by atoms with van der Waals surface area (Å²) in [6, 6.07) is 4.09. The average Bonchev–Trinajstić information content (AvgIpc) is 2.28. The summed E-state index contributed by atoms with van der Waals surface area (Å²) in [6.45, 7) is 2.04. The molecule has 6 nitrogen and oxygen atoms in total.